The van der Waals surface area contributed by atoms with Gasteiger partial charge in [0.05, 0.1) is 11.9 Å². The maximum atomic E-state index is 12.4. The molecule has 21 heavy (non-hydrogen) atoms. The van der Waals surface area contributed by atoms with Crippen LogP contribution in [-0.4, -0.2) is 45.1 Å². The minimum Gasteiger partial charge on any atom is -0.341 e. The number of nitrogens with zero attached hydrogens (tertiary/aromatic N) is 2. The zero-order valence-corrected chi connectivity index (χ0v) is 13.4. The molecule has 0 radical (unpaired) electrons. The van der Waals surface area contributed by atoms with E-state index in [9.17, 15) is 13.2 Å². The van der Waals surface area contributed by atoms with Crippen LogP contribution in [0.1, 0.15) is 24.8 Å². The zero-order chi connectivity index (χ0) is 15.5. The molecule has 1 aromatic rings. The lowest BCUT2D eigenvalue weighted by Gasteiger charge is -2.30. The maximum Gasteiger partial charge on any atom is 0.243 e. The number of hydrogen-bond acceptors (Lipinski definition) is 3. The molecule has 0 atom stereocenters. The van der Waals surface area contributed by atoms with Gasteiger partial charge < -0.3 is 4.90 Å². The van der Waals surface area contributed by atoms with Gasteiger partial charge in [-0.25, -0.2) is 8.42 Å². The second-order valence-corrected chi connectivity index (χ2v) is 7.40. The van der Waals surface area contributed by atoms with Crippen LogP contribution >= 0.6 is 0 Å². The smallest absolute Gasteiger partial charge is 0.243 e. The summed E-state index contributed by atoms with van der Waals surface area (Å²) in [5.74, 6) is -0.122. The molecule has 1 amide bonds. The van der Waals surface area contributed by atoms with Crippen LogP contribution in [0.4, 0.5) is 5.69 Å². The van der Waals surface area contributed by atoms with Crippen molar-refractivity contribution in [3.63, 3.8) is 0 Å². The molecule has 116 valence electrons. The highest BCUT2D eigenvalue weighted by Crippen LogP contribution is 2.22. The van der Waals surface area contributed by atoms with Gasteiger partial charge >= 0.3 is 0 Å². The summed E-state index contributed by atoms with van der Waals surface area (Å²) in [7, 11) is -3.49. The number of para-hydroxylation sites is 1. The molecular formula is C15H22N2O3S. The minimum absolute atomic E-state index is 0.121. The second-order valence-electron chi connectivity index (χ2n) is 5.50. The summed E-state index contributed by atoms with van der Waals surface area (Å²) in [6.07, 6.45) is 4.27. The molecule has 0 aliphatic carbocycles. The first-order valence-corrected chi connectivity index (χ1v) is 9.05. The number of benzene rings is 1. The summed E-state index contributed by atoms with van der Waals surface area (Å²) in [6.45, 7) is 3.18. The molecule has 0 aromatic heterocycles. The van der Waals surface area contributed by atoms with Gasteiger partial charge in [-0.2, -0.15) is 0 Å². The summed E-state index contributed by atoms with van der Waals surface area (Å²) in [6, 6.07) is 7.22. The first-order chi connectivity index (χ1) is 9.89. The van der Waals surface area contributed by atoms with Gasteiger partial charge in [0.25, 0.3) is 0 Å². The Hall–Kier alpha value is -1.56. The van der Waals surface area contributed by atoms with Crippen molar-refractivity contribution in [2.24, 2.45) is 0 Å². The van der Waals surface area contributed by atoms with E-state index in [-0.39, 0.29) is 12.5 Å². The lowest BCUT2D eigenvalue weighted by molar-refractivity contribution is -0.130. The highest BCUT2D eigenvalue weighted by Gasteiger charge is 2.25. The standard InChI is InChI=1S/C15H22N2O3S/c1-13-8-4-5-9-14(13)17(21(2,19)20)12-15(18)16-10-6-3-7-11-16/h4-5,8-9H,3,6-7,10-12H2,1-2H3. The van der Waals surface area contributed by atoms with Crippen molar-refractivity contribution < 1.29 is 13.2 Å². The van der Waals surface area contributed by atoms with Crippen LogP contribution in [0.2, 0.25) is 0 Å². The number of hydrogen-bond donors (Lipinski definition) is 0. The Balaban J connectivity index is 2.22. The topological polar surface area (TPSA) is 57.7 Å². The Morgan fingerprint density at radius 2 is 1.81 bits per heavy atom. The number of amides is 1. The van der Waals surface area contributed by atoms with E-state index in [1.165, 1.54) is 4.31 Å². The van der Waals surface area contributed by atoms with Crippen molar-refractivity contribution in [2.45, 2.75) is 26.2 Å². The Kier molecular flexibility index (Phi) is 4.88. The van der Waals surface area contributed by atoms with E-state index in [0.29, 0.717) is 5.69 Å². The molecule has 1 aliphatic heterocycles. The first-order valence-electron chi connectivity index (χ1n) is 7.21. The van der Waals surface area contributed by atoms with Gasteiger partial charge in [-0.1, -0.05) is 18.2 Å². The summed E-state index contributed by atoms with van der Waals surface area (Å²) < 4.78 is 25.3. The molecule has 5 nitrogen and oxygen atoms in total. The summed E-state index contributed by atoms with van der Waals surface area (Å²) in [5, 5.41) is 0. The van der Waals surface area contributed by atoms with E-state index in [2.05, 4.69) is 0 Å². The van der Waals surface area contributed by atoms with Crippen LogP contribution < -0.4 is 4.31 Å². The number of carbonyl (C=O) groups excluding carboxylic acids is 1. The third kappa shape index (κ3) is 3.97. The first kappa shape index (κ1) is 15.8. The highest BCUT2D eigenvalue weighted by atomic mass is 32.2. The Morgan fingerprint density at radius 1 is 1.19 bits per heavy atom. The normalized spacial score (nSPS) is 15.8. The fourth-order valence-corrected chi connectivity index (χ4v) is 3.50. The van der Waals surface area contributed by atoms with Crippen LogP contribution in [0.3, 0.4) is 0 Å². The predicted molar refractivity (Wildman–Crippen MR) is 83.8 cm³/mol. The van der Waals surface area contributed by atoms with E-state index in [0.717, 1.165) is 44.2 Å². The van der Waals surface area contributed by atoms with Gasteiger partial charge in [-0.05, 0) is 37.8 Å². The van der Waals surface area contributed by atoms with E-state index >= 15 is 0 Å². The number of likely N-dealkylation sites (tertiary alicyclic amines) is 1. The number of carbonyl (C=O) groups is 1. The molecule has 0 N–H and O–H groups in total. The van der Waals surface area contributed by atoms with Gasteiger partial charge in [0.2, 0.25) is 15.9 Å². The van der Waals surface area contributed by atoms with Crippen molar-refractivity contribution in [3.8, 4) is 0 Å². The summed E-state index contributed by atoms with van der Waals surface area (Å²) in [4.78, 5) is 14.1. The van der Waals surface area contributed by atoms with Gasteiger partial charge in [-0.15, -0.1) is 0 Å². The van der Waals surface area contributed by atoms with Crippen LogP contribution in [-0.2, 0) is 14.8 Å². The van der Waals surface area contributed by atoms with Crippen molar-refractivity contribution in [1.29, 1.82) is 0 Å². The fourth-order valence-electron chi connectivity index (χ4n) is 2.59. The van der Waals surface area contributed by atoms with Crippen molar-refractivity contribution >= 4 is 21.6 Å². The second kappa shape index (κ2) is 6.47. The molecule has 0 bridgehead atoms. The molecule has 1 aliphatic rings. The average Bonchev–Trinajstić information content (AvgIpc) is 2.45. The van der Waals surface area contributed by atoms with Crippen molar-refractivity contribution in [2.75, 3.05) is 30.2 Å². The van der Waals surface area contributed by atoms with Crippen LogP contribution in [0, 0.1) is 6.92 Å². The van der Waals surface area contributed by atoms with Crippen LogP contribution in [0.5, 0.6) is 0 Å². The quantitative estimate of drug-likeness (QED) is 0.851. The molecule has 0 spiro atoms. The van der Waals surface area contributed by atoms with E-state index in [1.54, 1.807) is 17.0 Å². The van der Waals surface area contributed by atoms with Crippen molar-refractivity contribution in [3.05, 3.63) is 29.8 Å². The monoisotopic (exact) mass is 310 g/mol. The van der Waals surface area contributed by atoms with Gasteiger partial charge in [0.15, 0.2) is 0 Å². The molecule has 6 heteroatoms. The fraction of sp³-hybridized carbons (Fsp3) is 0.533. The SMILES string of the molecule is Cc1ccccc1N(CC(=O)N1CCCCC1)S(C)(=O)=O. The molecule has 2 rings (SSSR count). The number of rotatable bonds is 4. The van der Waals surface area contributed by atoms with Crippen LogP contribution in [0.15, 0.2) is 24.3 Å². The third-order valence-electron chi connectivity index (χ3n) is 3.77. The number of aryl methyl sites for hydroxylation is 1. The molecular weight excluding hydrogens is 288 g/mol. The lowest BCUT2D eigenvalue weighted by atomic mass is 10.1. The van der Waals surface area contributed by atoms with Crippen LogP contribution in [0.25, 0.3) is 0 Å². The van der Waals surface area contributed by atoms with Gasteiger partial charge in [0.1, 0.15) is 6.54 Å². The van der Waals surface area contributed by atoms with E-state index in [4.69, 9.17) is 0 Å². The Labute approximate surface area is 126 Å². The summed E-state index contributed by atoms with van der Waals surface area (Å²) >= 11 is 0. The zero-order valence-electron chi connectivity index (χ0n) is 12.6. The Morgan fingerprint density at radius 3 is 2.38 bits per heavy atom. The van der Waals surface area contributed by atoms with E-state index < -0.39 is 10.0 Å². The van der Waals surface area contributed by atoms with Crippen molar-refractivity contribution in [1.82, 2.24) is 4.90 Å². The molecule has 1 fully saturated rings. The minimum atomic E-state index is -3.49. The third-order valence-corrected chi connectivity index (χ3v) is 4.90. The largest absolute Gasteiger partial charge is 0.341 e. The summed E-state index contributed by atoms with van der Waals surface area (Å²) in [5.41, 5.74) is 1.42. The number of anilines is 1. The average molecular weight is 310 g/mol. The predicted octanol–water partition coefficient (Wildman–Crippen LogP) is 1.77. The molecule has 1 aromatic carbocycles. The molecule has 0 unspecified atom stereocenters. The highest BCUT2D eigenvalue weighted by molar-refractivity contribution is 7.92. The number of piperidine rings is 1. The van der Waals surface area contributed by atoms with Gasteiger partial charge in [-0.3, -0.25) is 9.10 Å². The lowest BCUT2D eigenvalue weighted by Crippen LogP contribution is -2.44. The Bertz CT molecular complexity index is 607. The van der Waals surface area contributed by atoms with E-state index in [1.807, 2.05) is 19.1 Å². The number of sulfonamides is 1. The van der Waals surface area contributed by atoms with Gasteiger partial charge in [0, 0.05) is 13.1 Å². The molecule has 1 saturated heterocycles. The molecule has 1 heterocycles. The molecule has 0 saturated carbocycles. The maximum absolute atomic E-state index is 12.4.